The van der Waals surface area contributed by atoms with Crippen molar-refractivity contribution in [3.05, 3.63) is 54.1 Å². The number of rotatable bonds is 3. The fourth-order valence-electron chi connectivity index (χ4n) is 1.49. The molecule has 0 amide bonds. The van der Waals surface area contributed by atoms with Crippen molar-refractivity contribution in [3.8, 4) is 0 Å². The lowest BCUT2D eigenvalue weighted by molar-refractivity contribution is 0.506. The molecule has 0 saturated heterocycles. The highest BCUT2D eigenvalue weighted by Gasteiger charge is 2.09. The van der Waals surface area contributed by atoms with E-state index in [0.717, 1.165) is 11.8 Å². The summed E-state index contributed by atoms with van der Waals surface area (Å²) in [6.45, 7) is 1.85. The molecular weight excluding hydrogens is 224 g/mol. The van der Waals surface area contributed by atoms with Gasteiger partial charge in [0.25, 0.3) is 0 Å². The zero-order valence-corrected chi connectivity index (χ0v) is 9.19. The Morgan fingerprint density at radius 1 is 1.12 bits per heavy atom. The fraction of sp³-hybridized carbons (Fsp3) is 0.167. The molecule has 0 bridgehead atoms. The van der Waals surface area contributed by atoms with Gasteiger partial charge in [-0.1, -0.05) is 6.07 Å². The van der Waals surface area contributed by atoms with Gasteiger partial charge in [-0.15, -0.1) is 0 Å². The van der Waals surface area contributed by atoms with Gasteiger partial charge in [0, 0.05) is 6.04 Å². The van der Waals surface area contributed by atoms with Gasteiger partial charge in [0.15, 0.2) is 11.6 Å². The highest BCUT2D eigenvalue weighted by Crippen LogP contribution is 2.19. The normalized spacial score (nSPS) is 12.2. The van der Waals surface area contributed by atoms with Crippen LogP contribution >= 0.6 is 0 Å². The molecule has 1 unspecified atom stereocenters. The maximum absolute atomic E-state index is 13.1. The molecule has 1 aromatic heterocycles. The van der Waals surface area contributed by atoms with E-state index in [0.29, 0.717) is 5.56 Å². The van der Waals surface area contributed by atoms with Gasteiger partial charge in [0.1, 0.15) is 6.33 Å². The van der Waals surface area contributed by atoms with Gasteiger partial charge < -0.3 is 5.32 Å². The average molecular weight is 235 g/mol. The topological polar surface area (TPSA) is 37.8 Å². The first-order valence-electron chi connectivity index (χ1n) is 5.13. The molecule has 5 heteroatoms. The molecule has 0 aliphatic rings. The summed E-state index contributed by atoms with van der Waals surface area (Å²) in [5, 5.41) is 3.09. The lowest BCUT2D eigenvalue weighted by Crippen LogP contribution is -2.07. The molecule has 2 aromatic rings. The van der Waals surface area contributed by atoms with Crippen LogP contribution < -0.4 is 5.32 Å². The molecule has 1 N–H and O–H groups in total. The predicted molar refractivity (Wildman–Crippen MR) is 60.4 cm³/mol. The summed E-state index contributed by atoms with van der Waals surface area (Å²) in [5.74, 6) is -1.69. The molecule has 17 heavy (non-hydrogen) atoms. The van der Waals surface area contributed by atoms with Crippen LogP contribution in [-0.4, -0.2) is 9.97 Å². The monoisotopic (exact) mass is 235 g/mol. The molecule has 0 aliphatic carbocycles. The largest absolute Gasteiger partial charge is 0.376 e. The van der Waals surface area contributed by atoms with Crippen LogP contribution in [0.15, 0.2) is 36.9 Å². The molecule has 1 heterocycles. The van der Waals surface area contributed by atoms with Crippen molar-refractivity contribution in [2.45, 2.75) is 13.0 Å². The average Bonchev–Trinajstić information content (AvgIpc) is 2.34. The summed E-state index contributed by atoms with van der Waals surface area (Å²) in [6, 6.07) is 3.68. The highest BCUT2D eigenvalue weighted by molar-refractivity contribution is 5.40. The lowest BCUT2D eigenvalue weighted by Gasteiger charge is -2.15. The maximum Gasteiger partial charge on any atom is 0.159 e. The summed E-state index contributed by atoms with van der Waals surface area (Å²) in [4.78, 5) is 7.71. The number of nitrogens with one attached hydrogen (secondary N) is 1. The fourth-order valence-corrected chi connectivity index (χ4v) is 1.49. The standard InChI is InChI=1S/C12H11F2N3/c1-8(17-10-5-15-7-16-6-10)9-2-3-11(13)12(14)4-9/h2-8,17H,1H3. The van der Waals surface area contributed by atoms with Crippen LogP contribution in [0.1, 0.15) is 18.5 Å². The van der Waals surface area contributed by atoms with Gasteiger partial charge in [-0.25, -0.2) is 18.7 Å². The van der Waals surface area contributed by atoms with Crippen molar-refractivity contribution in [1.29, 1.82) is 0 Å². The summed E-state index contributed by atoms with van der Waals surface area (Å²) < 4.78 is 25.8. The highest BCUT2D eigenvalue weighted by atomic mass is 19.2. The Morgan fingerprint density at radius 3 is 2.47 bits per heavy atom. The number of nitrogens with zero attached hydrogens (tertiary/aromatic N) is 2. The first-order chi connectivity index (χ1) is 8.16. The number of aromatic nitrogens is 2. The van der Waals surface area contributed by atoms with Crippen molar-refractivity contribution >= 4 is 5.69 Å². The van der Waals surface area contributed by atoms with Crippen LogP contribution in [0.2, 0.25) is 0 Å². The molecule has 2 rings (SSSR count). The smallest absolute Gasteiger partial charge is 0.159 e. The number of benzene rings is 1. The Kier molecular flexibility index (Phi) is 3.27. The third-order valence-corrected chi connectivity index (χ3v) is 2.39. The lowest BCUT2D eigenvalue weighted by atomic mass is 10.1. The molecule has 0 saturated carbocycles. The number of anilines is 1. The number of hydrogen-bond donors (Lipinski definition) is 1. The molecule has 0 fully saturated rings. The maximum atomic E-state index is 13.1. The van der Waals surface area contributed by atoms with E-state index in [-0.39, 0.29) is 6.04 Å². The Balaban J connectivity index is 2.14. The third kappa shape index (κ3) is 2.75. The van der Waals surface area contributed by atoms with Crippen LogP contribution in [0.3, 0.4) is 0 Å². The van der Waals surface area contributed by atoms with Crippen LogP contribution in [0.5, 0.6) is 0 Å². The van der Waals surface area contributed by atoms with Crippen LogP contribution in [0, 0.1) is 11.6 Å². The molecule has 0 spiro atoms. The Hall–Kier alpha value is -2.04. The predicted octanol–water partition coefficient (Wildman–Crippen LogP) is 2.93. The molecule has 3 nitrogen and oxygen atoms in total. The second-order valence-electron chi connectivity index (χ2n) is 3.67. The summed E-state index contributed by atoms with van der Waals surface area (Å²) >= 11 is 0. The molecule has 0 aliphatic heterocycles. The van der Waals surface area contributed by atoms with Crippen molar-refractivity contribution in [2.75, 3.05) is 5.32 Å². The Labute approximate surface area is 97.5 Å². The first-order valence-corrected chi connectivity index (χ1v) is 5.13. The molecule has 88 valence electrons. The van der Waals surface area contributed by atoms with Crippen molar-refractivity contribution in [3.63, 3.8) is 0 Å². The van der Waals surface area contributed by atoms with E-state index in [1.54, 1.807) is 18.5 Å². The minimum absolute atomic E-state index is 0.156. The second kappa shape index (κ2) is 4.86. The van der Waals surface area contributed by atoms with E-state index in [1.807, 2.05) is 6.92 Å². The van der Waals surface area contributed by atoms with E-state index in [1.165, 1.54) is 12.4 Å². The van der Waals surface area contributed by atoms with Crippen molar-refractivity contribution in [2.24, 2.45) is 0 Å². The Morgan fingerprint density at radius 2 is 1.82 bits per heavy atom. The third-order valence-electron chi connectivity index (χ3n) is 2.39. The van der Waals surface area contributed by atoms with Crippen LogP contribution in [0.25, 0.3) is 0 Å². The summed E-state index contributed by atoms with van der Waals surface area (Å²) in [5.41, 5.74) is 1.39. The van der Waals surface area contributed by atoms with Gasteiger partial charge in [0.05, 0.1) is 18.1 Å². The van der Waals surface area contributed by atoms with Gasteiger partial charge in [-0.05, 0) is 24.6 Å². The van der Waals surface area contributed by atoms with Crippen molar-refractivity contribution in [1.82, 2.24) is 9.97 Å². The van der Waals surface area contributed by atoms with E-state index in [4.69, 9.17) is 0 Å². The Bertz CT molecular complexity index is 502. The molecule has 1 aromatic carbocycles. The van der Waals surface area contributed by atoms with E-state index in [2.05, 4.69) is 15.3 Å². The minimum Gasteiger partial charge on any atom is -0.376 e. The van der Waals surface area contributed by atoms with Gasteiger partial charge in [-0.3, -0.25) is 0 Å². The SMILES string of the molecule is CC(Nc1cncnc1)c1ccc(F)c(F)c1. The van der Waals surface area contributed by atoms with Gasteiger partial charge in [-0.2, -0.15) is 0 Å². The van der Waals surface area contributed by atoms with Crippen LogP contribution in [-0.2, 0) is 0 Å². The quantitative estimate of drug-likeness (QED) is 0.888. The van der Waals surface area contributed by atoms with Crippen LogP contribution in [0.4, 0.5) is 14.5 Å². The number of halogens is 2. The zero-order chi connectivity index (χ0) is 12.3. The van der Waals surface area contributed by atoms with Gasteiger partial charge in [0.2, 0.25) is 0 Å². The van der Waals surface area contributed by atoms with E-state index >= 15 is 0 Å². The van der Waals surface area contributed by atoms with E-state index < -0.39 is 11.6 Å². The first kappa shape index (κ1) is 11.4. The summed E-state index contributed by atoms with van der Waals surface area (Å²) in [6.07, 6.45) is 4.65. The zero-order valence-electron chi connectivity index (χ0n) is 9.19. The molecule has 1 atom stereocenters. The summed E-state index contributed by atoms with van der Waals surface area (Å²) in [7, 11) is 0. The molecule has 0 radical (unpaired) electrons. The van der Waals surface area contributed by atoms with Gasteiger partial charge >= 0.3 is 0 Å². The number of hydrogen-bond acceptors (Lipinski definition) is 3. The minimum atomic E-state index is -0.847. The second-order valence-corrected chi connectivity index (χ2v) is 3.67. The van der Waals surface area contributed by atoms with E-state index in [9.17, 15) is 8.78 Å². The van der Waals surface area contributed by atoms with Crippen molar-refractivity contribution < 1.29 is 8.78 Å². The molecular formula is C12H11F2N3.